The van der Waals surface area contributed by atoms with Gasteiger partial charge in [0.25, 0.3) is 5.91 Å². The van der Waals surface area contributed by atoms with Crippen LogP contribution in [0.15, 0.2) is 6.20 Å². The van der Waals surface area contributed by atoms with E-state index < -0.39 is 0 Å². The summed E-state index contributed by atoms with van der Waals surface area (Å²) < 4.78 is 0. The molecule has 0 fully saturated rings. The molecule has 0 unspecified atom stereocenters. The molecule has 0 aromatic carbocycles. The molecule has 0 N–H and O–H groups in total. The van der Waals surface area contributed by atoms with Gasteiger partial charge in [-0.25, -0.2) is 15.0 Å². The van der Waals surface area contributed by atoms with Crippen LogP contribution in [0.4, 0.5) is 0 Å². The summed E-state index contributed by atoms with van der Waals surface area (Å²) in [6.45, 7) is 6.36. The van der Waals surface area contributed by atoms with Gasteiger partial charge in [-0.3, -0.25) is 9.63 Å². The number of carbonyl (C=O) groups is 1. The minimum absolute atomic E-state index is 0.135. The van der Waals surface area contributed by atoms with Crippen molar-refractivity contribution in [3.63, 3.8) is 0 Å². The summed E-state index contributed by atoms with van der Waals surface area (Å²) >= 11 is 5.97. The third kappa shape index (κ3) is 3.40. The number of hydrogen-bond acceptors (Lipinski definition) is 4. The van der Waals surface area contributed by atoms with Crippen molar-refractivity contribution in [1.29, 1.82) is 0 Å². The van der Waals surface area contributed by atoms with Gasteiger partial charge in [0.2, 0.25) is 0 Å². The molecule has 1 rings (SSSR count). The molecule has 5 nitrogen and oxygen atoms in total. The zero-order chi connectivity index (χ0) is 13.7. The van der Waals surface area contributed by atoms with E-state index in [1.165, 1.54) is 18.4 Å². The second kappa shape index (κ2) is 6.66. The fourth-order valence-electron chi connectivity index (χ4n) is 1.41. The Morgan fingerprint density at radius 1 is 1.56 bits per heavy atom. The summed E-state index contributed by atoms with van der Waals surface area (Å²) in [5, 5.41) is 1.49. The molecular weight excluding hydrogens is 254 g/mol. The van der Waals surface area contributed by atoms with Crippen molar-refractivity contribution in [3.05, 3.63) is 22.7 Å². The normalized spacial score (nSPS) is 10.8. The van der Waals surface area contributed by atoms with Gasteiger partial charge in [0.15, 0.2) is 5.69 Å². The Morgan fingerprint density at radius 2 is 2.22 bits per heavy atom. The van der Waals surface area contributed by atoms with Crippen LogP contribution >= 0.6 is 11.6 Å². The van der Waals surface area contributed by atoms with Crippen molar-refractivity contribution in [1.82, 2.24) is 15.0 Å². The average molecular weight is 272 g/mol. The molecule has 6 heteroatoms. The molecule has 0 radical (unpaired) electrons. The maximum Gasteiger partial charge on any atom is 0.297 e. The minimum atomic E-state index is -0.339. The van der Waals surface area contributed by atoms with Gasteiger partial charge in [-0.2, -0.15) is 0 Å². The minimum Gasteiger partial charge on any atom is -0.274 e. The van der Waals surface area contributed by atoms with Gasteiger partial charge in [0.05, 0.1) is 18.3 Å². The van der Waals surface area contributed by atoms with Crippen molar-refractivity contribution in [3.8, 4) is 0 Å². The first kappa shape index (κ1) is 14.9. The molecule has 0 saturated carbocycles. The Bertz CT molecular complexity index is 424. The van der Waals surface area contributed by atoms with Crippen molar-refractivity contribution in [2.45, 2.75) is 33.1 Å². The topological polar surface area (TPSA) is 55.3 Å². The maximum atomic E-state index is 12.2. The summed E-state index contributed by atoms with van der Waals surface area (Å²) in [4.78, 5) is 25.5. The zero-order valence-electron chi connectivity index (χ0n) is 11.1. The smallest absolute Gasteiger partial charge is 0.274 e. The van der Waals surface area contributed by atoms with Gasteiger partial charge in [0, 0.05) is 12.5 Å². The average Bonchev–Trinajstić information content (AvgIpc) is 2.35. The molecule has 18 heavy (non-hydrogen) atoms. The maximum absolute atomic E-state index is 12.2. The van der Waals surface area contributed by atoms with Crippen molar-refractivity contribution < 1.29 is 9.63 Å². The van der Waals surface area contributed by atoms with E-state index in [4.69, 9.17) is 16.4 Å². The molecular formula is C12H18ClN3O2. The van der Waals surface area contributed by atoms with Crippen LogP contribution in [0.2, 0.25) is 5.02 Å². The van der Waals surface area contributed by atoms with Crippen LogP contribution in [0.3, 0.4) is 0 Å². The molecule has 0 saturated heterocycles. The molecule has 1 aromatic heterocycles. The fraction of sp³-hybridized carbons (Fsp3) is 0.583. The quantitative estimate of drug-likeness (QED) is 0.773. The molecule has 100 valence electrons. The highest BCUT2D eigenvalue weighted by molar-refractivity contribution is 6.33. The molecule has 0 aliphatic carbocycles. The monoisotopic (exact) mass is 271 g/mol. The summed E-state index contributed by atoms with van der Waals surface area (Å²) in [6.07, 6.45) is 2.25. The number of carbonyl (C=O) groups excluding carboxylic acids is 1. The van der Waals surface area contributed by atoms with E-state index in [2.05, 4.69) is 9.97 Å². The number of amides is 1. The third-order valence-corrected chi connectivity index (χ3v) is 2.63. The standard InChI is InChI=1S/C12H18ClN3O2/c1-5-6-16(18-4)12(17)10-9(13)7-14-11(15-10)8(2)3/h7-8H,5-6H2,1-4H3. The molecule has 1 aromatic rings. The van der Waals surface area contributed by atoms with Crippen LogP contribution in [0.1, 0.15) is 49.4 Å². The summed E-state index contributed by atoms with van der Waals surface area (Å²) in [5.41, 5.74) is 0.186. The van der Waals surface area contributed by atoms with Crippen LogP contribution in [0, 0.1) is 0 Å². The lowest BCUT2D eigenvalue weighted by Crippen LogP contribution is -2.32. The molecule has 0 atom stereocenters. The zero-order valence-corrected chi connectivity index (χ0v) is 11.9. The van der Waals surface area contributed by atoms with Gasteiger partial charge in [-0.05, 0) is 6.42 Å². The van der Waals surface area contributed by atoms with Crippen molar-refractivity contribution >= 4 is 17.5 Å². The summed E-state index contributed by atoms with van der Waals surface area (Å²) in [6, 6.07) is 0. The molecule has 0 aliphatic heterocycles. The molecule has 0 bridgehead atoms. The SMILES string of the molecule is CCCN(OC)C(=O)c1nc(C(C)C)ncc1Cl. The van der Waals surface area contributed by atoms with E-state index in [1.54, 1.807) is 0 Å². The Morgan fingerprint density at radius 3 is 2.72 bits per heavy atom. The van der Waals surface area contributed by atoms with Crippen LogP contribution in [-0.2, 0) is 4.84 Å². The molecule has 1 heterocycles. The molecule has 0 spiro atoms. The van der Waals surface area contributed by atoms with E-state index in [1.807, 2.05) is 20.8 Å². The predicted octanol–water partition coefficient (Wildman–Crippen LogP) is 2.67. The largest absolute Gasteiger partial charge is 0.297 e. The lowest BCUT2D eigenvalue weighted by Gasteiger charge is -2.19. The predicted molar refractivity (Wildman–Crippen MR) is 69.5 cm³/mol. The van der Waals surface area contributed by atoms with Gasteiger partial charge >= 0.3 is 0 Å². The van der Waals surface area contributed by atoms with Crippen molar-refractivity contribution in [2.24, 2.45) is 0 Å². The summed E-state index contributed by atoms with van der Waals surface area (Å²) in [5.74, 6) is 0.389. The van der Waals surface area contributed by atoms with E-state index in [-0.39, 0.29) is 22.5 Å². The fourth-order valence-corrected chi connectivity index (χ4v) is 1.58. The number of aromatic nitrogens is 2. The van der Waals surface area contributed by atoms with E-state index >= 15 is 0 Å². The number of nitrogens with zero attached hydrogens (tertiary/aromatic N) is 3. The lowest BCUT2D eigenvalue weighted by molar-refractivity contribution is -0.0951. The van der Waals surface area contributed by atoms with Crippen LogP contribution in [0.5, 0.6) is 0 Å². The first-order valence-electron chi connectivity index (χ1n) is 5.89. The lowest BCUT2D eigenvalue weighted by atomic mass is 10.2. The van der Waals surface area contributed by atoms with Crippen molar-refractivity contribution in [2.75, 3.05) is 13.7 Å². The Kier molecular flexibility index (Phi) is 5.50. The van der Waals surface area contributed by atoms with Crippen LogP contribution in [-0.4, -0.2) is 34.6 Å². The highest BCUT2D eigenvalue weighted by Crippen LogP contribution is 2.18. The van der Waals surface area contributed by atoms with E-state index in [9.17, 15) is 4.79 Å². The second-order valence-corrected chi connectivity index (χ2v) is 4.58. The molecule has 1 amide bonds. The second-order valence-electron chi connectivity index (χ2n) is 4.17. The number of hydrogen-bond donors (Lipinski definition) is 0. The Balaban J connectivity index is 3.06. The third-order valence-electron chi connectivity index (χ3n) is 2.36. The number of rotatable bonds is 5. The van der Waals surface area contributed by atoms with Gasteiger partial charge in [0.1, 0.15) is 5.82 Å². The van der Waals surface area contributed by atoms with Crippen LogP contribution in [0.25, 0.3) is 0 Å². The molecule has 0 aliphatic rings. The van der Waals surface area contributed by atoms with Gasteiger partial charge < -0.3 is 0 Å². The Labute approximate surface area is 112 Å². The van der Waals surface area contributed by atoms with Crippen LogP contribution < -0.4 is 0 Å². The van der Waals surface area contributed by atoms with E-state index in [0.29, 0.717) is 12.4 Å². The highest BCUT2D eigenvalue weighted by Gasteiger charge is 2.21. The highest BCUT2D eigenvalue weighted by atomic mass is 35.5. The van der Waals surface area contributed by atoms with Gasteiger partial charge in [-0.15, -0.1) is 0 Å². The first-order chi connectivity index (χ1) is 8.51. The first-order valence-corrected chi connectivity index (χ1v) is 6.27. The van der Waals surface area contributed by atoms with E-state index in [0.717, 1.165) is 6.42 Å². The van der Waals surface area contributed by atoms with Gasteiger partial charge in [-0.1, -0.05) is 32.4 Å². The Hall–Kier alpha value is -1.20. The summed E-state index contributed by atoms with van der Waals surface area (Å²) in [7, 11) is 1.45. The number of hydroxylamine groups is 2. The number of halogens is 1.